The van der Waals surface area contributed by atoms with Crippen molar-refractivity contribution in [3.63, 3.8) is 0 Å². The Morgan fingerprint density at radius 1 is 0.800 bits per heavy atom. The SMILES string of the molecule is COc1ccc(NC(=O)NCCC(=O)Nc2ccccc2Oc2ccccc2)cc1. The number of urea groups is 1. The van der Waals surface area contributed by atoms with Crippen molar-refractivity contribution in [3.8, 4) is 17.2 Å². The van der Waals surface area contributed by atoms with E-state index in [1.54, 1.807) is 43.5 Å². The third-order valence-corrected chi connectivity index (χ3v) is 4.12. The van der Waals surface area contributed by atoms with Crippen LogP contribution in [0.15, 0.2) is 78.9 Å². The quantitative estimate of drug-likeness (QED) is 0.509. The highest BCUT2D eigenvalue weighted by molar-refractivity contribution is 5.93. The lowest BCUT2D eigenvalue weighted by Gasteiger charge is -2.12. The van der Waals surface area contributed by atoms with Crippen LogP contribution in [0.3, 0.4) is 0 Å². The summed E-state index contributed by atoms with van der Waals surface area (Å²) in [6.07, 6.45) is 0.121. The smallest absolute Gasteiger partial charge is 0.319 e. The molecule has 0 atom stereocenters. The van der Waals surface area contributed by atoms with Crippen molar-refractivity contribution in [2.45, 2.75) is 6.42 Å². The minimum atomic E-state index is -0.388. The number of anilines is 2. The normalized spacial score (nSPS) is 10.0. The Hall–Kier alpha value is -4.00. The van der Waals surface area contributed by atoms with Gasteiger partial charge < -0.3 is 25.4 Å². The average molecular weight is 405 g/mol. The molecule has 0 saturated carbocycles. The molecule has 3 aromatic carbocycles. The zero-order valence-corrected chi connectivity index (χ0v) is 16.6. The fourth-order valence-corrected chi connectivity index (χ4v) is 2.63. The molecule has 0 aliphatic rings. The van der Waals surface area contributed by atoms with E-state index in [4.69, 9.17) is 9.47 Å². The van der Waals surface area contributed by atoms with Gasteiger partial charge in [0, 0.05) is 18.7 Å². The van der Waals surface area contributed by atoms with Gasteiger partial charge in [-0.15, -0.1) is 0 Å². The maximum absolute atomic E-state index is 12.3. The first kappa shape index (κ1) is 20.7. The van der Waals surface area contributed by atoms with Crippen molar-refractivity contribution in [2.75, 3.05) is 24.3 Å². The summed E-state index contributed by atoms with van der Waals surface area (Å²) in [5.41, 5.74) is 1.19. The fraction of sp³-hybridized carbons (Fsp3) is 0.130. The molecule has 0 radical (unpaired) electrons. The molecule has 0 aliphatic carbocycles. The number of rotatable bonds is 8. The first-order valence-electron chi connectivity index (χ1n) is 9.45. The van der Waals surface area contributed by atoms with Crippen LogP contribution in [0.2, 0.25) is 0 Å². The molecule has 0 aromatic heterocycles. The molecule has 3 N–H and O–H groups in total. The first-order valence-corrected chi connectivity index (χ1v) is 9.45. The van der Waals surface area contributed by atoms with Gasteiger partial charge in [-0.05, 0) is 48.5 Å². The molecule has 154 valence electrons. The number of ether oxygens (including phenoxy) is 2. The molecule has 7 heteroatoms. The highest BCUT2D eigenvalue weighted by atomic mass is 16.5. The second kappa shape index (κ2) is 10.5. The van der Waals surface area contributed by atoms with Gasteiger partial charge in [-0.25, -0.2) is 4.79 Å². The van der Waals surface area contributed by atoms with Gasteiger partial charge in [-0.1, -0.05) is 30.3 Å². The van der Waals surface area contributed by atoms with Crippen molar-refractivity contribution in [2.24, 2.45) is 0 Å². The Balaban J connectivity index is 1.46. The lowest BCUT2D eigenvalue weighted by molar-refractivity contribution is -0.116. The summed E-state index contributed by atoms with van der Waals surface area (Å²) in [6.45, 7) is 0.190. The van der Waals surface area contributed by atoms with Gasteiger partial charge in [0.2, 0.25) is 5.91 Å². The summed E-state index contributed by atoms with van der Waals surface area (Å²) < 4.78 is 10.9. The predicted molar refractivity (Wildman–Crippen MR) is 116 cm³/mol. The largest absolute Gasteiger partial charge is 0.497 e. The monoisotopic (exact) mass is 405 g/mol. The van der Waals surface area contributed by atoms with E-state index in [2.05, 4.69) is 16.0 Å². The molecule has 0 unspecified atom stereocenters. The fourth-order valence-electron chi connectivity index (χ4n) is 2.63. The Bertz CT molecular complexity index is 975. The number of carbonyl (C=O) groups excluding carboxylic acids is 2. The maximum Gasteiger partial charge on any atom is 0.319 e. The first-order chi connectivity index (χ1) is 14.6. The lowest BCUT2D eigenvalue weighted by atomic mass is 10.2. The molecule has 3 aromatic rings. The Labute approximate surface area is 175 Å². The van der Waals surface area contributed by atoms with E-state index in [1.807, 2.05) is 42.5 Å². The van der Waals surface area contributed by atoms with E-state index in [1.165, 1.54) is 0 Å². The lowest BCUT2D eigenvalue weighted by Crippen LogP contribution is -2.31. The Kier molecular flexibility index (Phi) is 7.27. The number of benzene rings is 3. The molecule has 0 aliphatic heterocycles. The van der Waals surface area contributed by atoms with Gasteiger partial charge in [0.1, 0.15) is 11.5 Å². The number of hydrogen-bond acceptors (Lipinski definition) is 4. The number of para-hydroxylation sites is 3. The number of carbonyl (C=O) groups is 2. The van der Waals surface area contributed by atoms with Gasteiger partial charge in [0.15, 0.2) is 5.75 Å². The summed E-state index contributed by atoms with van der Waals surface area (Å²) >= 11 is 0. The standard InChI is InChI=1S/C23H23N3O4/c1-29-18-13-11-17(12-14-18)25-23(28)24-16-15-22(27)26-20-9-5-6-10-21(20)30-19-7-3-2-4-8-19/h2-14H,15-16H2,1H3,(H,26,27)(H2,24,25,28). The highest BCUT2D eigenvalue weighted by Crippen LogP contribution is 2.29. The number of methoxy groups -OCH3 is 1. The summed E-state index contributed by atoms with van der Waals surface area (Å²) in [6, 6.07) is 23.1. The van der Waals surface area contributed by atoms with Crippen LogP contribution in [-0.4, -0.2) is 25.6 Å². The van der Waals surface area contributed by atoms with E-state index in [-0.39, 0.29) is 24.9 Å². The van der Waals surface area contributed by atoms with Crippen LogP contribution in [0.25, 0.3) is 0 Å². The molecule has 3 rings (SSSR count). The predicted octanol–water partition coefficient (Wildman–Crippen LogP) is 4.64. The molecular weight excluding hydrogens is 382 g/mol. The number of nitrogens with one attached hydrogen (secondary N) is 3. The molecule has 0 fully saturated rings. The zero-order chi connectivity index (χ0) is 21.2. The van der Waals surface area contributed by atoms with Gasteiger partial charge >= 0.3 is 6.03 Å². The molecule has 0 saturated heterocycles. The van der Waals surface area contributed by atoms with Crippen molar-refractivity contribution < 1.29 is 19.1 Å². The molecule has 7 nitrogen and oxygen atoms in total. The van der Waals surface area contributed by atoms with E-state index in [0.717, 1.165) is 0 Å². The molecule has 3 amide bonds. The van der Waals surface area contributed by atoms with Crippen LogP contribution in [0.5, 0.6) is 17.2 Å². The van der Waals surface area contributed by atoms with Gasteiger partial charge in [0.25, 0.3) is 0 Å². The molecular formula is C23H23N3O4. The van der Waals surface area contributed by atoms with Crippen LogP contribution in [-0.2, 0) is 4.79 Å². The second-order valence-electron chi connectivity index (χ2n) is 6.32. The maximum atomic E-state index is 12.3. The van der Waals surface area contributed by atoms with Gasteiger partial charge in [-0.2, -0.15) is 0 Å². The third-order valence-electron chi connectivity index (χ3n) is 4.12. The Morgan fingerprint density at radius 3 is 2.23 bits per heavy atom. The van der Waals surface area contributed by atoms with Crippen LogP contribution in [0.4, 0.5) is 16.2 Å². The van der Waals surface area contributed by atoms with E-state index < -0.39 is 0 Å². The van der Waals surface area contributed by atoms with Crippen molar-refractivity contribution >= 4 is 23.3 Å². The molecule has 0 spiro atoms. The molecule has 30 heavy (non-hydrogen) atoms. The summed E-state index contributed by atoms with van der Waals surface area (Å²) in [7, 11) is 1.58. The van der Waals surface area contributed by atoms with Crippen molar-refractivity contribution in [1.82, 2.24) is 5.32 Å². The van der Waals surface area contributed by atoms with Crippen LogP contribution in [0.1, 0.15) is 6.42 Å². The third kappa shape index (κ3) is 6.27. The topological polar surface area (TPSA) is 88.7 Å². The zero-order valence-electron chi connectivity index (χ0n) is 16.6. The number of hydrogen-bond donors (Lipinski definition) is 3. The minimum absolute atomic E-state index is 0.121. The molecule has 0 bridgehead atoms. The van der Waals surface area contributed by atoms with Crippen LogP contribution < -0.4 is 25.4 Å². The second-order valence-corrected chi connectivity index (χ2v) is 6.32. The van der Waals surface area contributed by atoms with Gasteiger partial charge in [-0.3, -0.25) is 4.79 Å². The van der Waals surface area contributed by atoms with Gasteiger partial charge in [0.05, 0.1) is 12.8 Å². The van der Waals surface area contributed by atoms with Crippen molar-refractivity contribution in [1.29, 1.82) is 0 Å². The van der Waals surface area contributed by atoms with E-state index >= 15 is 0 Å². The van der Waals surface area contributed by atoms with E-state index in [0.29, 0.717) is 28.6 Å². The Morgan fingerprint density at radius 2 is 1.50 bits per heavy atom. The average Bonchev–Trinajstić information content (AvgIpc) is 2.76. The number of amides is 3. The van der Waals surface area contributed by atoms with E-state index in [9.17, 15) is 9.59 Å². The summed E-state index contributed by atoms with van der Waals surface area (Å²) in [4.78, 5) is 24.2. The molecule has 0 heterocycles. The summed E-state index contributed by atoms with van der Waals surface area (Å²) in [5.74, 6) is 1.69. The van der Waals surface area contributed by atoms with Crippen LogP contribution in [0, 0.1) is 0 Å². The van der Waals surface area contributed by atoms with Crippen LogP contribution >= 0.6 is 0 Å². The highest BCUT2D eigenvalue weighted by Gasteiger charge is 2.09. The summed E-state index contributed by atoms with van der Waals surface area (Å²) in [5, 5.41) is 8.17. The minimum Gasteiger partial charge on any atom is -0.497 e. The van der Waals surface area contributed by atoms with Crippen molar-refractivity contribution in [3.05, 3.63) is 78.9 Å².